The number of rotatable bonds is 9. The zero-order valence-corrected chi connectivity index (χ0v) is 17.4. The summed E-state index contributed by atoms with van der Waals surface area (Å²) < 4.78 is 2.38. The lowest BCUT2D eigenvalue weighted by molar-refractivity contribution is 0.270. The maximum Gasteiger partial charge on any atom is 0.110 e. The van der Waals surface area contributed by atoms with Gasteiger partial charge in [-0.1, -0.05) is 75.6 Å². The van der Waals surface area contributed by atoms with E-state index in [0.29, 0.717) is 6.04 Å². The van der Waals surface area contributed by atoms with Gasteiger partial charge in [0.25, 0.3) is 0 Å². The second-order valence-electron chi connectivity index (χ2n) is 5.80. The number of unbranched alkanes of at least 4 members (excludes halogenated alkanes) is 1. The summed E-state index contributed by atoms with van der Waals surface area (Å²) in [7, 11) is 5.63. The fourth-order valence-electron chi connectivity index (χ4n) is 2.41. The van der Waals surface area contributed by atoms with Gasteiger partial charge >= 0.3 is 0 Å². The molecular weight excluding hydrogens is 370 g/mol. The van der Waals surface area contributed by atoms with Crippen LogP contribution in [0.1, 0.15) is 26.2 Å². The van der Waals surface area contributed by atoms with E-state index in [9.17, 15) is 0 Å². The maximum absolute atomic E-state index is 5.54. The Labute approximate surface area is 162 Å². The van der Waals surface area contributed by atoms with Gasteiger partial charge in [0.15, 0.2) is 0 Å². The largest absolute Gasteiger partial charge is 0.293 e. The highest BCUT2D eigenvalue weighted by Gasteiger charge is 2.11. The van der Waals surface area contributed by atoms with Gasteiger partial charge in [-0.15, -0.1) is 18.2 Å². The summed E-state index contributed by atoms with van der Waals surface area (Å²) in [6.07, 6.45) is 9.03. The standard InChI is InChI=1S/C19H23NS4/c1-4-13-20(3)15(2)10-8-9-14-22-19-17(18(21)23-24-19)16-11-6-5-7-12-16/h1,5-7,11-12,15H,8-10,13-14H2,2-3H3. The van der Waals surface area contributed by atoms with Gasteiger partial charge in [0.2, 0.25) is 0 Å². The first kappa shape index (κ1) is 19.7. The van der Waals surface area contributed by atoms with Crippen molar-refractivity contribution < 1.29 is 0 Å². The van der Waals surface area contributed by atoms with Crippen LogP contribution in [0.5, 0.6) is 0 Å². The minimum atomic E-state index is 0.550. The first-order chi connectivity index (χ1) is 11.6. The molecule has 0 fully saturated rings. The third-order valence-corrected chi connectivity index (χ3v) is 8.70. The fraction of sp³-hybridized carbons (Fsp3) is 0.421. The van der Waals surface area contributed by atoms with Crippen molar-refractivity contribution in [2.24, 2.45) is 0 Å². The molecule has 1 nitrogen and oxygen atoms in total. The summed E-state index contributed by atoms with van der Waals surface area (Å²) in [6, 6.07) is 11.1. The highest BCUT2D eigenvalue weighted by Crippen LogP contribution is 2.40. The Morgan fingerprint density at radius 3 is 2.71 bits per heavy atom. The van der Waals surface area contributed by atoms with Crippen LogP contribution in [-0.4, -0.2) is 30.3 Å². The van der Waals surface area contributed by atoms with Gasteiger partial charge in [0.1, 0.15) is 3.82 Å². The molecule has 0 N–H and O–H groups in total. The van der Waals surface area contributed by atoms with Gasteiger partial charge in [-0.25, -0.2) is 0 Å². The minimum absolute atomic E-state index is 0.550. The number of thioether (sulfide) groups is 1. The zero-order chi connectivity index (χ0) is 17.4. The van der Waals surface area contributed by atoms with Crippen molar-refractivity contribution in [1.82, 2.24) is 4.90 Å². The Kier molecular flexibility index (Phi) is 8.51. The maximum atomic E-state index is 5.54. The Bertz CT molecular complexity index is 711. The number of terminal acetylenes is 1. The predicted molar refractivity (Wildman–Crippen MR) is 114 cm³/mol. The first-order valence-electron chi connectivity index (χ1n) is 8.08. The van der Waals surface area contributed by atoms with Crippen molar-refractivity contribution in [3.8, 4) is 23.5 Å². The van der Waals surface area contributed by atoms with Gasteiger partial charge in [0, 0.05) is 11.6 Å². The molecular formula is C19H23NS4. The van der Waals surface area contributed by atoms with Crippen molar-refractivity contribution in [3.05, 3.63) is 34.2 Å². The molecule has 1 aromatic heterocycles. The molecule has 0 aliphatic heterocycles. The second kappa shape index (κ2) is 10.4. The smallest absolute Gasteiger partial charge is 0.110 e. The number of hydrogen-bond acceptors (Lipinski definition) is 5. The Hall–Kier alpha value is -0.640. The average Bonchev–Trinajstić information content (AvgIpc) is 2.96. The monoisotopic (exact) mass is 393 g/mol. The SMILES string of the molecule is C#CCN(C)C(C)CCCCSc1ssc(=S)c1-c1ccccc1. The molecule has 24 heavy (non-hydrogen) atoms. The summed E-state index contributed by atoms with van der Waals surface area (Å²) in [5.74, 6) is 3.86. The molecule has 1 aromatic carbocycles. The van der Waals surface area contributed by atoms with Gasteiger partial charge in [-0.3, -0.25) is 4.90 Å². The van der Waals surface area contributed by atoms with Gasteiger partial charge < -0.3 is 0 Å². The van der Waals surface area contributed by atoms with Crippen molar-refractivity contribution in [2.75, 3.05) is 19.3 Å². The summed E-state index contributed by atoms with van der Waals surface area (Å²) in [5.41, 5.74) is 2.50. The molecule has 0 saturated carbocycles. The predicted octanol–water partition coefficient (Wildman–Crippen LogP) is 6.42. The lowest BCUT2D eigenvalue weighted by Crippen LogP contribution is -2.29. The molecule has 0 spiro atoms. The van der Waals surface area contributed by atoms with E-state index >= 15 is 0 Å². The first-order valence-corrected chi connectivity index (χ1v) is 11.6. The van der Waals surface area contributed by atoms with Crippen LogP contribution in [0.15, 0.2) is 34.5 Å². The van der Waals surface area contributed by atoms with E-state index in [-0.39, 0.29) is 0 Å². The molecule has 1 atom stereocenters. The minimum Gasteiger partial charge on any atom is -0.293 e. The Morgan fingerprint density at radius 2 is 2.00 bits per heavy atom. The molecule has 2 rings (SSSR count). The molecule has 0 saturated heterocycles. The van der Waals surface area contributed by atoms with E-state index < -0.39 is 0 Å². The van der Waals surface area contributed by atoms with Crippen LogP contribution in [0.4, 0.5) is 0 Å². The normalized spacial score (nSPS) is 12.2. The van der Waals surface area contributed by atoms with Crippen LogP contribution in [0.25, 0.3) is 11.1 Å². The third kappa shape index (κ3) is 5.72. The highest BCUT2D eigenvalue weighted by molar-refractivity contribution is 8.03. The van der Waals surface area contributed by atoms with Crippen molar-refractivity contribution >= 4 is 44.7 Å². The van der Waals surface area contributed by atoms with Crippen molar-refractivity contribution in [2.45, 2.75) is 36.4 Å². The van der Waals surface area contributed by atoms with Crippen LogP contribution in [0, 0.1) is 16.2 Å². The van der Waals surface area contributed by atoms with Crippen LogP contribution >= 0.6 is 44.7 Å². The molecule has 0 aliphatic rings. The number of nitrogens with zero attached hydrogens (tertiary/aromatic N) is 1. The van der Waals surface area contributed by atoms with E-state index in [1.807, 2.05) is 28.2 Å². The van der Waals surface area contributed by atoms with Crippen LogP contribution < -0.4 is 0 Å². The van der Waals surface area contributed by atoms with Crippen molar-refractivity contribution in [3.63, 3.8) is 0 Å². The van der Waals surface area contributed by atoms with E-state index in [1.54, 1.807) is 10.3 Å². The van der Waals surface area contributed by atoms with E-state index in [1.165, 1.54) is 34.6 Å². The van der Waals surface area contributed by atoms with E-state index in [4.69, 9.17) is 18.6 Å². The average molecular weight is 394 g/mol. The molecule has 0 bridgehead atoms. The quantitative estimate of drug-likeness (QED) is 0.159. The van der Waals surface area contributed by atoms with Crippen LogP contribution in [0.2, 0.25) is 0 Å². The third-order valence-electron chi connectivity index (χ3n) is 4.01. The molecule has 128 valence electrons. The Balaban J connectivity index is 1.82. The lowest BCUT2D eigenvalue weighted by atomic mass is 10.1. The summed E-state index contributed by atoms with van der Waals surface area (Å²) in [5, 5.41) is 0. The molecule has 1 unspecified atom stereocenters. The number of benzene rings is 1. The van der Waals surface area contributed by atoms with Crippen LogP contribution in [0.3, 0.4) is 0 Å². The fourth-order valence-corrected chi connectivity index (χ4v) is 6.98. The molecule has 5 heteroatoms. The molecule has 0 radical (unpaired) electrons. The second-order valence-corrected chi connectivity index (χ2v) is 9.98. The summed E-state index contributed by atoms with van der Waals surface area (Å²) in [4.78, 5) is 2.24. The zero-order valence-electron chi connectivity index (χ0n) is 14.2. The van der Waals surface area contributed by atoms with Gasteiger partial charge in [-0.05, 0) is 38.1 Å². The molecule has 1 heterocycles. The summed E-state index contributed by atoms with van der Waals surface area (Å²) in [6.45, 7) is 2.98. The Morgan fingerprint density at radius 1 is 1.25 bits per heavy atom. The van der Waals surface area contributed by atoms with Gasteiger partial charge in [-0.2, -0.15) is 0 Å². The van der Waals surface area contributed by atoms with E-state index in [2.05, 4.69) is 49.1 Å². The van der Waals surface area contributed by atoms with Crippen molar-refractivity contribution in [1.29, 1.82) is 0 Å². The molecule has 2 aromatic rings. The topological polar surface area (TPSA) is 3.24 Å². The lowest BCUT2D eigenvalue weighted by Gasteiger charge is -2.22. The highest BCUT2D eigenvalue weighted by atomic mass is 32.9. The number of hydrogen-bond donors (Lipinski definition) is 0. The van der Waals surface area contributed by atoms with E-state index in [0.717, 1.165) is 16.1 Å². The van der Waals surface area contributed by atoms with Gasteiger partial charge in [0.05, 0.1) is 10.8 Å². The molecule has 0 aliphatic carbocycles. The van der Waals surface area contributed by atoms with Crippen LogP contribution in [-0.2, 0) is 0 Å². The molecule has 0 amide bonds. The summed E-state index contributed by atoms with van der Waals surface area (Å²) >= 11 is 7.49.